The van der Waals surface area contributed by atoms with Crippen LogP contribution < -0.4 is 0 Å². The van der Waals surface area contributed by atoms with Crippen LogP contribution in [-0.4, -0.2) is 20.1 Å². The van der Waals surface area contributed by atoms with Crippen LogP contribution >= 0.6 is 22.6 Å². The molecular weight excluding hydrogens is 477 g/mol. The minimum atomic E-state index is -1.61. The van der Waals surface area contributed by atoms with Crippen molar-refractivity contribution < 1.29 is 8.95 Å². The monoisotopic (exact) mass is 517 g/mol. The largest absolute Gasteiger partial charge is 0.417 e. The molecule has 0 spiro atoms. The Morgan fingerprint density at radius 1 is 1.21 bits per heavy atom. The van der Waals surface area contributed by atoms with Crippen LogP contribution in [0, 0.1) is 0 Å². The lowest BCUT2D eigenvalue weighted by molar-refractivity contribution is 0.279. The fraction of sp³-hybridized carbons (Fsp3) is 0.696. The van der Waals surface area contributed by atoms with Crippen LogP contribution in [0.25, 0.3) is 6.08 Å². The summed E-state index contributed by atoms with van der Waals surface area (Å²) in [4.78, 5) is 0. The van der Waals surface area contributed by atoms with E-state index in [2.05, 4.69) is 92.5 Å². The summed E-state index contributed by atoms with van der Waals surface area (Å²) in [6, 6.07) is 0. The van der Waals surface area contributed by atoms with Gasteiger partial charge in [0.2, 0.25) is 0 Å². The van der Waals surface area contributed by atoms with Gasteiger partial charge in [-0.05, 0) is 68.2 Å². The molecular formula is C23H40INO2Si. The van der Waals surface area contributed by atoms with Crippen LogP contribution in [0.3, 0.4) is 0 Å². The Morgan fingerprint density at radius 3 is 2.50 bits per heavy atom. The number of rotatable bonds is 11. The summed E-state index contributed by atoms with van der Waals surface area (Å²) in [6.45, 7) is 19.0. The number of aromatic nitrogens is 1. The van der Waals surface area contributed by atoms with E-state index in [1.807, 2.05) is 0 Å². The molecule has 0 aliphatic carbocycles. The normalized spacial score (nSPS) is 15.2. The topological polar surface area (TPSA) is 35.3 Å². The lowest BCUT2D eigenvalue weighted by atomic mass is 9.95. The van der Waals surface area contributed by atoms with E-state index in [1.54, 1.807) is 6.26 Å². The molecule has 1 rings (SSSR count). The molecule has 0 bridgehead atoms. The summed E-state index contributed by atoms with van der Waals surface area (Å²) in [5, 5.41) is 4.56. The number of unbranched alkanes of at least 4 members (excludes halogenated alkanes) is 1. The Balaban J connectivity index is 2.49. The molecule has 160 valence electrons. The predicted molar refractivity (Wildman–Crippen MR) is 133 cm³/mol. The SMILES string of the molecule is C/C(=C/c1conc1C(C)CC/C(C)=C/I)CCCCO[Si](C)(C)C(C)(C)C. The lowest BCUT2D eigenvalue weighted by Gasteiger charge is -2.36. The minimum absolute atomic E-state index is 0.287. The summed E-state index contributed by atoms with van der Waals surface area (Å²) < 4.78 is 13.7. The number of hydrogen-bond acceptors (Lipinski definition) is 3. The van der Waals surface area contributed by atoms with Crippen LogP contribution in [-0.2, 0) is 4.43 Å². The van der Waals surface area contributed by atoms with E-state index in [9.17, 15) is 0 Å². The molecule has 3 nitrogen and oxygen atoms in total. The molecule has 1 aromatic heterocycles. The van der Waals surface area contributed by atoms with Gasteiger partial charge in [0.1, 0.15) is 6.26 Å². The van der Waals surface area contributed by atoms with Crippen LogP contribution in [0.1, 0.15) is 90.8 Å². The van der Waals surface area contributed by atoms with Crippen LogP contribution in [0.5, 0.6) is 0 Å². The molecule has 28 heavy (non-hydrogen) atoms. The van der Waals surface area contributed by atoms with E-state index in [-0.39, 0.29) is 5.04 Å². The highest BCUT2D eigenvalue weighted by Gasteiger charge is 2.36. The fourth-order valence-electron chi connectivity index (χ4n) is 2.76. The van der Waals surface area contributed by atoms with Crippen molar-refractivity contribution in [3.8, 4) is 0 Å². The Morgan fingerprint density at radius 2 is 1.89 bits per heavy atom. The maximum Gasteiger partial charge on any atom is 0.191 e. The third-order valence-corrected chi connectivity index (χ3v) is 11.5. The average Bonchev–Trinajstić information content (AvgIpc) is 3.05. The Hall–Kier alpha value is -0.403. The Labute approximate surface area is 187 Å². The summed E-state index contributed by atoms with van der Waals surface area (Å²) >= 11 is 2.31. The zero-order valence-electron chi connectivity index (χ0n) is 19.2. The van der Waals surface area contributed by atoms with Crippen LogP contribution in [0.2, 0.25) is 18.1 Å². The summed E-state index contributed by atoms with van der Waals surface area (Å²) in [7, 11) is -1.61. The van der Waals surface area contributed by atoms with Crippen molar-refractivity contribution >= 4 is 37.0 Å². The maximum atomic E-state index is 6.28. The van der Waals surface area contributed by atoms with Gasteiger partial charge in [-0.25, -0.2) is 0 Å². The molecule has 0 aromatic carbocycles. The van der Waals surface area contributed by atoms with Gasteiger partial charge in [-0.3, -0.25) is 0 Å². The van der Waals surface area contributed by atoms with Gasteiger partial charge in [-0.2, -0.15) is 0 Å². The molecule has 0 radical (unpaired) electrons. The van der Waals surface area contributed by atoms with Crippen molar-refractivity contribution in [1.82, 2.24) is 5.16 Å². The molecule has 5 heteroatoms. The molecule has 0 aliphatic rings. The van der Waals surface area contributed by atoms with E-state index < -0.39 is 8.32 Å². The highest BCUT2D eigenvalue weighted by molar-refractivity contribution is 14.1. The molecule has 1 aromatic rings. The van der Waals surface area contributed by atoms with Gasteiger partial charge in [0.15, 0.2) is 8.32 Å². The second kappa shape index (κ2) is 11.7. The quantitative estimate of drug-likeness (QED) is 0.168. The summed E-state index contributed by atoms with van der Waals surface area (Å²) in [5.74, 6) is 0.405. The van der Waals surface area contributed by atoms with Gasteiger partial charge < -0.3 is 8.95 Å². The zero-order chi connectivity index (χ0) is 21.4. The van der Waals surface area contributed by atoms with Crippen LogP contribution in [0.15, 0.2) is 26.0 Å². The molecule has 0 amide bonds. The van der Waals surface area contributed by atoms with Gasteiger partial charge in [0.25, 0.3) is 0 Å². The molecule has 1 atom stereocenters. The second-order valence-electron chi connectivity index (χ2n) is 9.61. The number of hydrogen-bond donors (Lipinski definition) is 0. The van der Waals surface area contributed by atoms with Crippen LogP contribution in [0.4, 0.5) is 0 Å². The highest BCUT2D eigenvalue weighted by Crippen LogP contribution is 2.36. The summed E-state index contributed by atoms with van der Waals surface area (Å²) in [5.41, 5.74) is 5.02. The van der Waals surface area contributed by atoms with Gasteiger partial charge in [-0.15, -0.1) is 0 Å². The first kappa shape index (κ1) is 25.6. The molecule has 0 saturated carbocycles. The molecule has 1 heterocycles. The first-order valence-corrected chi connectivity index (χ1v) is 14.6. The molecule has 1 unspecified atom stereocenters. The first-order chi connectivity index (χ1) is 13.0. The average molecular weight is 518 g/mol. The van der Waals surface area contributed by atoms with E-state index in [0.717, 1.165) is 50.0 Å². The van der Waals surface area contributed by atoms with Crippen molar-refractivity contribution in [1.29, 1.82) is 0 Å². The fourth-order valence-corrected chi connectivity index (χ4v) is 4.16. The van der Waals surface area contributed by atoms with Crippen molar-refractivity contribution in [3.05, 3.63) is 32.7 Å². The van der Waals surface area contributed by atoms with E-state index in [1.165, 1.54) is 11.1 Å². The van der Waals surface area contributed by atoms with Crippen molar-refractivity contribution in [2.24, 2.45) is 0 Å². The maximum absolute atomic E-state index is 6.28. The third-order valence-electron chi connectivity index (χ3n) is 5.89. The molecule has 0 saturated heterocycles. The molecule has 0 fully saturated rings. The zero-order valence-corrected chi connectivity index (χ0v) is 22.4. The Kier molecular flexibility index (Phi) is 10.7. The smallest absolute Gasteiger partial charge is 0.191 e. The number of allylic oxidation sites excluding steroid dienone is 2. The van der Waals surface area contributed by atoms with Gasteiger partial charge in [0.05, 0.1) is 5.69 Å². The highest BCUT2D eigenvalue weighted by atomic mass is 127. The summed E-state index contributed by atoms with van der Waals surface area (Å²) in [6.07, 6.45) is 9.61. The van der Waals surface area contributed by atoms with Gasteiger partial charge in [0, 0.05) is 18.1 Å². The minimum Gasteiger partial charge on any atom is -0.417 e. The number of halogens is 1. The second-order valence-corrected chi connectivity index (χ2v) is 15.0. The standard InChI is InChI=1S/C23H40INO2Si/c1-18(11-9-10-14-27-28(7,8)23(4,5)6)15-21-17-26-25-22(21)20(3)13-12-19(2)16-24/h15-17,20H,9-14H2,1-8H3/b18-15-,19-16+. The van der Waals surface area contributed by atoms with E-state index >= 15 is 0 Å². The lowest BCUT2D eigenvalue weighted by Crippen LogP contribution is -2.40. The van der Waals surface area contributed by atoms with Crippen molar-refractivity contribution in [2.45, 2.75) is 97.7 Å². The number of nitrogens with zero attached hydrogens (tertiary/aromatic N) is 1. The predicted octanol–water partition coefficient (Wildman–Crippen LogP) is 8.49. The third kappa shape index (κ3) is 8.53. The van der Waals surface area contributed by atoms with Gasteiger partial charge >= 0.3 is 0 Å². The van der Waals surface area contributed by atoms with E-state index in [0.29, 0.717) is 5.92 Å². The molecule has 0 aliphatic heterocycles. The van der Waals surface area contributed by atoms with Crippen molar-refractivity contribution in [3.63, 3.8) is 0 Å². The Bertz CT molecular complexity index is 656. The van der Waals surface area contributed by atoms with E-state index in [4.69, 9.17) is 8.95 Å². The van der Waals surface area contributed by atoms with Crippen molar-refractivity contribution in [2.75, 3.05) is 6.61 Å². The first-order valence-electron chi connectivity index (χ1n) is 10.5. The van der Waals surface area contributed by atoms with Gasteiger partial charge in [-0.1, -0.05) is 72.7 Å². The molecule has 0 N–H and O–H groups in total.